The highest BCUT2D eigenvalue weighted by atomic mass is 16.3. The van der Waals surface area contributed by atoms with Gasteiger partial charge in [0.05, 0.1) is 23.6 Å². The maximum Gasteiger partial charge on any atom is 0.257 e. The number of aromatic nitrogens is 4. The molecule has 0 aliphatic carbocycles. The number of rotatable bonds is 3. The molecule has 7 nitrogen and oxygen atoms in total. The second-order valence-corrected chi connectivity index (χ2v) is 4.26. The molecule has 0 aliphatic heterocycles. The fourth-order valence-electron chi connectivity index (χ4n) is 1.76. The third-order valence-electron chi connectivity index (χ3n) is 2.76. The van der Waals surface area contributed by atoms with E-state index in [-0.39, 0.29) is 17.2 Å². The molecule has 0 fully saturated rings. The van der Waals surface area contributed by atoms with E-state index in [1.807, 2.05) is 0 Å². The first-order chi connectivity index (χ1) is 10.2. The molecule has 0 aromatic carbocycles. The lowest BCUT2D eigenvalue weighted by Gasteiger charge is -2.06. The van der Waals surface area contributed by atoms with Gasteiger partial charge in [0.2, 0.25) is 0 Å². The van der Waals surface area contributed by atoms with E-state index in [1.54, 1.807) is 41.6 Å². The Kier molecular flexibility index (Phi) is 3.30. The molecule has 1 amide bonds. The van der Waals surface area contributed by atoms with Crippen molar-refractivity contribution in [2.45, 2.75) is 0 Å². The first-order valence-electron chi connectivity index (χ1n) is 6.12. The molecule has 0 unspecified atom stereocenters. The van der Waals surface area contributed by atoms with Crippen LogP contribution in [-0.4, -0.2) is 30.5 Å². The van der Waals surface area contributed by atoms with Gasteiger partial charge in [0.25, 0.3) is 5.91 Å². The fourth-order valence-corrected chi connectivity index (χ4v) is 1.76. The molecule has 3 heterocycles. The van der Waals surface area contributed by atoms with Crippen LogP contribution in [0.1, 0.15) is 10.4 Å². The summed E-state index contributed by atoms with van der Waals surface area (Å²) in [5.74, 6) is 0.274. The Balaban J connectivity index is 1.75. The Morgan fingerprint density at radius 1 is 1.19 bits per heavy atom. The number of anilines is 1. The third-order valence-corrected chi connectivity index (χ3v) is 2.76. The van der Waals surface area contributed by atoms with Crippen LogP contribution < -0.4 is 5.32 Å². The van der Waals surface area contributed by atoms with E-state index in [4.69, 9.17) is 0 Å². The summed E-state index contributed by atoms with van der Waals surface area (Å²) in [4.78, 5) is 23.9. The largest absolute Gasteiger partial charge is 0.506 e. The molecule has 3 aromatic rings. The van der Waals surface area contributed by atoms with Crippen molar-refractivity contribution < 1.29 is 9.90 Å². The number of pyridine rings is 2. The highest BCUT2D eigenvalue weighted by molar-refractivity contribution is 6.04. The first kappa shape index (κ1) is 12.8. The lowest BCUT2D eigenvalue weighted by atomic mass is 10.2. The van der Waals surface area contributed by atoms with Gasteiger partial charge in [-0.25, -0.2) is 9.97 Å². The van der Waals surface area contributed by atoms with E-state index in [0.29, 0.717) is 11.5 Å². The number of carbonyl (C=O) groups excluding carboxylic acids is 1. The maximum absolute atomic E-state index is 12.0. The SMILES string of the molecule is O=C(Nc1ccc(-n2ccnc2)nc1)c1cncc(O)c1. The zero-order valence-corrected chi connectivity index (χ0v) is 10.8. The van der Waals surface area contributed by atoms with Crippen LogP contribution in [0.3, 0.4) is 0 Å². The molecule has 2 N–H and O–H groups in total. The van der Waals surface area contributed by atoms with Gasteiger partial charge in [0.15, 0.2) is 0 Å². The first-order valence-corrected chi connectivity index (χ1v) is 6.12. The molecule has 3 aromatic heterocycles. The fraction of sp³-hybridized carbons (Fsp3) is 0. The zero-order chi connectivity index (χ0) is 14.7. The van der Waals surface area contributed by atoms with Crippen LogP contribution in [0.25, 0.3) is 5.82 Å². The van der Waals surface area contributed by atoms with E-state index in [1.165, 1.54) is 18.5 Å². The van der Waals surface area contributed by atoms with Crippen molar-refractivity contribution in [1.29, 1.82) is 0 Å². The number of hydrogen-bond acceptors (Lipinski definition) is 5. The number of hydrogen-bond donors (Lipinski definition) is 2. The average Bonchev–Trinajstić information content (AvgIpc) is 3.02. The van der Waals surface area contributed by atoms with Crippen molar-refractivity contribution in [1.82, 2.24) is 19.5 Å². The van der Waals surface area contributed by atoms with Gasteiger partial charge in [0.1, 0.15) is 17.9 Å². The zero-order valence-electron chi connectivity index (χ0n) is 10.8. The van der Waals surface area contributed by atoms with Crippen LogP contribution in [0.4, 0.5) is 5.69 Å². The van der Waals surface area contributed by atoms with E-state index < -0.39 is 0 Å². The Labute approximate surface area is 119 Å². The van der Waals surface area contributed by atoms with E-state index in [2.05, 4.69) is 20.3 Å². The monoisotopic (exact) mass is 281 g/mol. The molecule has 3 rings (SSSR count). The van der Waals surface area contributed by atoms with Crippen molar-refractivity contribution in [3.8, 4) is 11.6 Å². The normalized spacial score (nSPS) is 10.3. The van der Waals surface area contributed by atoms with Crippen LogP contribution in [0, 0.1) is 0 Å². The van der Waals surface area contributed by atoms with Crippen LogP contribution >= 0.6 is 0 Å². The topological polar surface area (TPSA) is 92.9 Å². The molecule has 104 valence electrons. The lowest BCUT2D eigenvalue weighted by Crippen LogP contribution is -2.12. The number of nitrogens with one attached hydrogen (secondary N) is 1. The summed E-state index contributed by atoms with van der Waals surface area (Å²) in [6.07, 6.45) is 9.26. The van der Waals surface area contributed by atoms with Crippen molar-refractivity contribution in [3.05, 3.63) is 61.1 Å². The van der Waals surface area contributed by atoms with Gasteiger partial charge in [-0.15, -0.1) is 0 Å². The second kappa shape index (κ2) is 5.41. The molecule has 0 radical (unpaired) electrons. The minimum Gasteiger partial charge on any atom is -0.506 e. The van der Waals surface area contributed by atoms with Crippen LogP contribution in [0.2, 0.25) is 0 Å². The third kappa shape index (κ3) is 2.86. The standard InChI is InChI=1S/C14H11N5O2/c20-12-5-10(6-16-8-12)14(21)18-11-1-2-13(17-7-11)19-4-3-15-9-19/h1-9,20H,(H,18,21). The molecule has 0 saturated heterocycles. The summed E-state index contributed by atoms with van der Waals surface area (Å²) >= 11 is 0. The molecule has 0 spiro atoms. The Morgan fingerprint density at radius 3 is 2.76 bits per heavy atom. The smallest absolute Gasteiger partial charge is 0.257 e. The van der Waals surface area contributed by atoms with Gasteiger partial charge >= 0.3 is 0 Å². The molecular weight excluding hydrogens is 270 g/mol. The summed E-state index contributed by atoms with van der Waals surface area (Å²) < 4.78 is 1.75. The summed E-state index contributed by atoms with van der Waals surface area (Å²) in [5.41, 5.74) is 0.820. The summed E-state index contributed by atoms with van der Waals surface area (Å²) in [6.45, 7) is 0. The Hall–Kier alpha value is -3.22. The molecule has 7 heteroatoms. The minimum atomic E-state index is -0.365. The summed E-state index contributed by atoms with van der Waals surface area (Å²) in [6, 6.07) is 4.84. The van der Waals surface area contributed by atoms with Crippen molar-refractivity contribution in [3.63, 3.8) is 0 Å². The van der Waals surface area contributed by atoms with Gasteiger partial charge in [-0.1, -0.05) is 0 Å². The molecule has 0 atom stereocenters. The van der Waals surface area contributed by atoms with E-state index in [9.17, 15) is 9.90 Å². The number of imidazole rings is 1. The highest BCUT2D eigenvalue weighted by Crippen LogP contribution is 2.13. The Morgan fingerprint density at radius 2 is 2.10 bits per heavy atom. The highest BCUT2D eigenvalue weighted by Gasteiger charge is 2.08. The number of amides is 1. The van der Waals surface area contributed by atoms with E-state index >= 15 is 0 Å². The number of aromatic hydroxyl groups is 1. The van der Waals surface area contributed by atoms with Gasteiger partial charge < -0.3 is 10.4 Å². The van der Waals surface area contributed by atoms with Crippen LogP contribution in [-0.2, 0) is 0 Å². The quantitative estimate of drug-likeness (QED) is 0.761. The van der Waals surface area contributed by atoms with Crippen molar-refractivity contribution in [2.24, 2.45) is 0 Å². The molecule has 0 aliphatic rings. The van der Waals surface area contributed by atoms with Crippen molar-refractivity contribution in [2.75, 3.05) is 5.32 Å². The van der Waals surface area contributed by atoms with Gasteiger partial charge in [-0.3, -0.25) is 14.3 Å². The average molecular weight is 281 g/mol. The predicted octanol–water partition coefficient (Wildman–Crippen LogP) is 1.62. The van der Waals surface area contributed by atoms with E-state index in [0.717, 1.165) is 0 Å². The number of nitrogens with zero attached hydrogens (tertiary/aromatic N) is 4. The second-order valence-electron chi connectivity index (χ2n) is 4.26. The maximum atomic E-state index is 12.0. The molecule has 0 saturated carbocycles. The molecular formula is C14H11N5O2. The summed E-state index contributed by atoms with van der Waals surface area (Å²) in [5, 5.41) is 12.0. The lowest BCUT2D eigenvalue weighted by molar-refractivity contribution is 0.102. The Bertz CT molecular complexity index is 753. The van der Waals surface area contributed by atoms with Gasteiger partial charge in [-0.05, 0) is 18.2 Å². The number of carbonyl (C=O) groups is 1. The molecule has 0 bridgehead atoms. The van der Waals surface area contributed by atoms with Gasteiger partial charge in [-0.2, -0.15) is 0 Å². The van der Waals surface area contributed by atoms with Crippen LogP contribution in [0.15, 0.2) is 55.5 Å². The van der Waals surface area contributed by atoms with Gasteiger partial charge in [0, 0.05) is 18.6 Å². The summed E-state index contributed by atoms with van der Waals surface area (Å²) in [7, 11) is 0. The minimum absolute atomic E-state index is 0.0590. The predicted molar refractivity (Wildman–Crippen MR) is 75.2 cm³/mol. The van der Waals surface area contributed by atoms with Crippen molar-refractivity contribution >= 4 is 11.6 Å². The van der Waals surface area contributed by atoms with Crippen LogP contribution in [0.5, 0.6) is 5.75 Å². The molecule has 21 heavy (non-hydrogen) atoms.